The van der Waals surface area contributed by atoms with Crippen molar-refractivity contribution >= 4 is 23.2 Å². The molecule has 3 rings (SSSR count). The van der Waals surface area contributed by atoms with E-state index in [1.807, 2.05) is 50.2 Å². The van der Waals surface area contributed by atoms with Gasteiger partial charge < -0.3 is 16.4 Å². The van der Waals surface area contributed by atoms with Gasteiger partial charge >= 0.3 is 0 Å². The van der Waals surface area contributed by atoms with E-state index >= 15 is 0 Å². The van der Waals surface area contributed by atoms with E-state index < -0.39 is 0 Å². The van der Waals surface area contributed by atoms with Gasteiger partial charge in [0.15, 0.2) is 0 Å². The molecule has 1 heterocycles. The van der Waals surface area contributed by atoms with Crippen LogP contribution in [0.5, 0.6) is 0 Å². The van der Waals surface area contributed by atoms with Crippen LogP contribution in [0, 0.1) is 6.92 Å². The van der Waals surface area contributed by atoms with Gasteiger partial charge in [0.2, 0.25) is 5.95 Å². The number of nitrogens with two attached hydrogens (primary N) is 1. The van der Waals surface area contributed by atoms with Gasteiger partial charge in [-0.3, -0.25) is 4.79 Å². The molecular weight excluding hydrogens is 338 g/mol. The summed E-state index contributed by atoms with van der Waals surface area (Å²) in [4.78, 5) is 20.8. The van der Waals surface area contributed by atoms with Crippen molar-refractivity contribution in [2.24, 2.45) is 0 Å². The summed E-state index contributed by atoms with van der Waals surface area (Å²) in [6.07, 6.45) is 2.62. The summed E-state index contributed by atoms with van der Waals surface area (Å²) in [5.74, 6) is 0.413. The fraction of sp³-hybridized carbons (Fsp3) is 0.190. The van der Waals surface area contributed by atoms with Gasteiger partial charge in [-0.1, -0.05) is 19.1 Å². The third kappa shape index (κ3) is 4.41. The highest BCUT2D eigenvalue weighted by molar-refractivity contribution is 5.94. The molecule has 0 fully saturated rings. The number of aromatic nitrogens is 2. The number of nitrogen functional groups attached to an aromatic ring is 1. The second-order valence-corrected chi connectivity index (χ2v) is 6.24. The molecule has 0 aliphatic carbocycles. The molecule has 0 unspecified atom stereocenters. The van der Waals surface area contributed by atoms with Gasteiger partial charge in [0.1, 0.15) is 0 Å². The lowest BCUT2D eigenvalue weighted by atomic mass is 10.0. The van der Waals surface area contributed by atoms with E-state index in [1.54, 1.807) is 18.3 Å². The minimum Gasteiger partial charge on any atom is -0.398 e. The molecule has 3 aromatic rings. The van der Waals surface area contributed by atoms with Crippen LogP contribution in [0.2, 0.25) is 0 Å². The molecule has 0 radical (unpaired) electrons. The Kier molecular flexibility index (Phi) is 5.66. The van der Waals surface area contributed by atoms with Gasteiger partial charge in [0.05, 0.1) is 5.69 Å². The Hall–Kier alpha value is -3.41. The number of carbonyl (C=O) groups excluding carboxylic acids is 1. The fourth-order valence-electron chi connectivity index (χ4n) is 2.67. The number of carbonyl (C=O) groups is 1. The summed E-state index contributed by atoms with van der Waals surface area (Å²) in [7, 11) is 0. The minimum absolute atomic E-state index is 0.0706. The van der Waals surface area contributed by atoms with Crippen LogP contribution >= 0.6 is 0 Å². The molecule has 0 bridgehead atoms. The fourth-order valence-corrected chi connectivity index (χ4v) is 2.67. The highest BCUT2D eigenvalue weighted by atomic mass is 16.1. The molecule has 2 aromatic carbocycles. The zero-order valence-corrected chi connectivity index (χ0v) is 15.5. The monoisotopic (exact) mass is 361 g/mol. The van der Waals surface area contributed by atoms with Crippen LogP contribution in [0.1, 0.15) is 29.3 Å². The molecular formula is C21H23N5O. The highest BCUT2D eigenvalue weighted by Gasteiger charge is 2.08. The van der Waals surface area contributed by atoms with Crippen LogP contribution in [-0.2, 0) is 0 Å². The zero-order chi connectivity index (χ0) is 19.2. The molecule has 1 amide bonds. The zero-order valence-electron chi connectivity index (χ0n) is 15.5. The first-order valence-corrected chi connectivity index (χ1v) is 8.92. The van der Waals surface area contributed by atoms with E-state index in [9.17, 15) is 4.79 Å². The summed E-state index contributed by atoms with van der Waals surface area (Å²) >= 11 is 0. The number of anilines is 3. The second-order valence-electron chi connectivity index (χ2n) is 6.24. The maximum absolute atomic E-state index is 12.0. The number of nitrogens with zero attached hydrogens (tertiary/aromatic N) is 2. The van der Waals surface area contributed by atoms with Crippen molar-refractivity contribution in [3.63, 3.8) is 0 Å². The average molecular weight is 361 g/mol. The van der Waals surface area contributed by atoms with E-state index in [0.717, 1.165) is 34.6 Å². The molecule has 0 saturated carbocycles. The smallest absolute Gasteiger partial charge is 0.251 e. The summed E-state index contributed by atoms with van der Waals surface area (Å²) in [5, 5.41) is 6.03. The molecule has 1 aromatic heterocycles. The van der Waals surface area contributed by atoms with Crippen LogP contribution in [0.25, 0.3) is 11.3 Å². The first-order chi connectivity index (χ1) is 13.1. The summed E-state index contributed by atoms with van der Waals surface area (Å²) in [6.45, 7) is 4.66. The summed E-state index contributed by atoms with van der Waals surface area (Å²) in [5.41, 5.74) is 10.9. The third-order valence-corrected chi connectivity index (χ3v) is 4.25. The molecule has 6 heteroatoms. The van der Waals surface area contributed by atoms with Gasteiger partial charge in [-0.25, -0.2) is 9.97 Å². The largest absolute Gasteiger partial charge is 0.398 e. The molecule has 6 nitrogen and oxygen atoms in total. The number of rotatable bonds is 6. The number of hydrogen-bond acceptors (Lipinski definition) is 5. The van der Waals surface area contributed by atoms with E-state index in [-0.39, 0.29) is 5.91 Å². The first kappa shape index (κ1) is 18.4. The first-order valence-electron chi connectivity index (χ1n) is 8.92. The van der Waals surface area contributed by atoms with Crippen molar-refractivity contribution in [3.05, 3.63) is 65.9 Å². The summed E-state index contributed by atoms with van der Waals surface area (Å²) < 4.78 is 0. The lowest BCUT2D eigenvalue weighted by molar-refractivity contribution is 0.0953. The predicted octanol–water partition coefficient (Wildman–Crippen LogP) is 3.92. The van der Waals surface area contributed by atoms with E-state index in [4.69, 9.17) is 5.73 Å². The molecule has 0 atom stereocenters. The van der Waals surface area contributed by atoms with Crippen molar-refractivity contribution in [1.82, 2.24) is 15.3 Å². The van der Waals surface area contributed by atoms with E-state index in [0.29, 0.717) is 18.1 Å². The van der Waals surface area contributed by atoms with Gasteiger partial charge in [-0.15, -0.1) is 0 Å². The average Bonchev–Trinajstić information content (AvgIpc) is 2.69. The lowest BCUT2D eigenvalue weighted by Gasteiger charge is -2.10. The topological polar surface area (TPSA) is 92.9 Å². The van der Waals surface area contributed by atoms with Crippen LogP contribution in [0.15, 0.2) is 54.7 Å². The predicted molar refractivity (Wildman–Crippen MR) is 109 cm³/mol. The van der Waals surface area contributed by atoms with E-state index in [2.05, 4.69) is 20.6 Å². The van der Waals surface area contributed by atoms with Gasteiger partial charge in [-0.05, 0) is 55.3 Å². The Morgan fingerprint density at radius 3 is 2.63 bits per heavy atom. The van der Waals surface area contributed by atoms with Gasteiger partial charge in [0.25, 0.3) is 5.91 Å². The minimum atomic E-state index is -0.0706. The van der Waals surface area contributed by atoms with Crippen molar-refractivity contribution in [1.29, 1.82) is 0 Å². The van der Waals surface area contributed by atoms with Crippen LogP contribution < -0.4 is 16.4 Å². The van der Waals surface area contributed by atoms with Crippen molar-refractivity contribution in [2.45, 2.75) is 20.3 Å². The molecule has 4 N–H and O–H groups in total. The Morgan fingerprint density at radius 2 is 1.89 bits per heavy atom. The van der Waals surface area contributed by atoms with Gasteiger partial charge in [-0.2, -0.15) is 0 Å². The normalized spacial score (nSPS) is 10.4. The molecule has 0 saturated heterocycles. The quantitative estimate of drug-likeness (QED) is 0.579. The molecule has 27 heavy (non-hydrogen) atoms. The molecule has 138 valence electrons. The van der Waals surface area contributed by atoms with E-state index in [1.165, 1.54) is 0 Å². The highest BCUT2D eigenvalue weighted by Crippen LogP contribution is 2.26. The molecule has 0 spiro atoms. The maximum atomic E-state index is 12.0. The number of hydrogen-bond donors (Lipinski definition) is 3. The van der Waals surface area contributed by atoms with Crippen molar-refractivity contribution in [2.75, 3.05) is 17.6 Å². The van der Waals surface area contributed by atoms with Crippen molar-refractivity contribution < 1.29 is 4.79 Å². The van der Waals surface area contributed by atoms with Crippen LogP contribution in [-0.4, -0.2) is 22.4 Å². The Morgan fingerprint density at radius 1 is 1.11 bits per heavy atom. The summed E-state index contributed by atoms with van der Waals surface area (Å²) in [6, 6.07) is 14.9. The Balaban J connectivity index is 1.77. The van der Waals surface area contributed by atoms with Crippen molar-refractivity contribution in [3.8, 4) is 11.3 Å². The standard InChI is InChI=1S/C21H23N5O/c1-3-12-23-20(27)15-7-9-16(10-8-15)25-21-24-13-11-19(26-21)17-5-4-6-18(22)14(17)2/h4-11,13H,3,12,22H2,1-2H3,(H,23,27)(H,24,25,26). The maximum Gasteiger partial charge on any atom is 0.251 e. The molecule has 0 aliphatic rings. The number of amides is 1. The molecule has 0 aliphatic heterocycles. The SMILES string of the molecule is CCCNC(=O)c1ccc(Nc2nccc(-c3cccc(N)c3C)n2)cc1. The Bertz CT molecular complexity index is 938. The Labute approximate surface area is 158 Å². The third-order valence-electron chi connectivity index (χ3n) is 4.25. The lowest BCUT2D eigenvalue weighted by Crippen LogP contribution is -2.23. The van der Waals surface area contributed by atoms with Gasteiger partial charge in [0, 0.05) is 35.2 Å². The van der Waals surface area contributed by atoms with Crippen LogP contribution in [0.4, 0.5) is 17.3 Å². The number of nitrogens with one attached hydrogen (secondary N) is 2. The van der Waals surface area contributed by atoms with Crippen LogP contribution in [0.3, 0.4) is 0 Å². The second kappa shape index (κ2) is 8.31. The number of benzene rings is 2.